The van der Waals surface area contributed by atoms with Crippen LogP contribution in [-0.4, -0.2) is 49.6 Å². The maximum Gasteiger partial charge on any atom is 0.191 e. The summed E-state index contributed by atoms with van der Waals surface area (Å²) in [6.45, 7) is 7.91. The Kier molecular flexibility index (Phi) is 5.78. The molecule has 2 rings (SSSR count). The standard InChI is InChI=1S/C14H28N4/c1-2-3-10-18-11-5-4-7-13(18)12-17-14-15-8-6-9-16-14/h13H,2-12H2,1H3,(H2,15,16,17). The first-order valence-electron chi connectivity index (χ1n) is 7.66. The van der Waals surface area contributed by atoms with Crippen LogP contribution in [0, 0.1) is 0 Å². The van der Waals surface area contributed by atoms with Crippen LogP contribution in [0.2, 0.25) is 0 Å². The van der Waals surface area contributed by atoms with Crippen LogP contribution in [0.4, 0.5) is 0 Å². The molecular formula is C14H28N4. The van der Waals surface area contributed by atoms with E-state index in [-0.39, 0.29) is 0 Å². The largest absolute Gasteiger partial charge is 0.356 e. The van der Waals surface area contributed by atoms with Gasteiger partial charge in [-0.25, -0.2) is 0 Å². The van der Waals surface area contributed by atoms with E-state index in [9.17, 15) is 0 Å². The Balaban J connectivity index is 1.75. The number of aliphatic imine (C=N–C) groups is 1. The van der Waals surface area contributed by atoms with Gasteiger partial charge in [0.25, 0.3) is 0 Å². The number of piperidine rings is 1. The number of guanidine groups is 1. The van der Waals surface area contributed by atoms with Crippen LogP contribution < -0.4 is 10.6 Å². The van der Waals surface area contributed by atoms with Gasteiger partial charge in [-0.1, -0.05) is 19.8 Å². The smallest absolute Gasteiger partial charge is 0.191 e. The van der Waals surface area contributed by atoms with E-state index in [0.29, 0.717) is 6.04 Å². The zero-order valence-corrected chi connectivity index (χ0v) is 11.7. The lowest BCUT2D eigenvalue weighted by Crippen LogP contribution is -2.50. The molecule has 2 N–H and O–H groups in total. The maximum atomic E-state index is 4.48. The summed E-state index contributed by atoms with van der Waals surface area (Å²) < 4.78 is 0. The van der Waals surface area contributed by atoms with E-state index in [1.165, 1.54) is 45.2 Å². The zero-order chi connectivity index (χ0) is 12.6. The van der Waals surface area contributed by atoms with Gasteiger partial charge in [-0.2, -0.15) is 0 Å². The Bertz CT molecular complexity index is 265. The van der Waals surface area contributed by atoms with Gasteiger partial charge in [-0.05, 0) is 38.8 Å². The summed E-state index contributed by atoms with van der Waals surface area (Å²) in [5.74, 6) is 1.02. The van der Waals surface area contributed by atoms with Crippen LogP contribution in [0.3, 0.4) is 0 Å². The third-order valence-corrected chi connectivity index (χ3v) is 3.95. The highest BCUT2D eigenvalue weighted by Crippen LogP contribution is 2.16. The molecule has 1 fully saturated rings. The molecule has 0 aromatic carbocycles. The normalized spacial score (nSPS) is 25.4. The molecule has 0 aliphatic carbocycles. The lowest BCUT2D eigenvalue weighted by Gasteiger charge is -2.36. The third-order valence-electron chi connectivity index (χ3n) is 3.95. The van der Waals surface area contributed by atoms with Crippen LogP contribution in [0.15, 0.2) is 4.99 Å². The van der Waals surface area contributed by atoms with Crippen molar-refractivity contribution < 1.29 is 0 Å². The molecule has 1 atom stereocenters. The molecule has 104 valence electrons. The lowest BCUT2D eigenvalue weighted by molar-refractivity contribution is 0.147. The third kappa shape index (κ3) is 4.16. The SMILES string of the molecule is CCCCN1CCCCC1CNC1=NCCCN1. The van der Waals surface area contributed by atoms with Crippen molar-refractivity contribution in [3.63, 3.8) is 0 Å². The molecule has 1 saturated heterocycles. The van der Waals surface area contributed by atoms with Gasteiger partial charge in [0, 0.05) is 25.7 Å². The molecule has 1 unspecified atom stereocenters. The molecule has 0 aromatic rings. The summed E-state index contributed by atoms with van der Waals surface area (Å²) in [5.41, 5.74) is 0. The van der Waals surface area contributed by atoms with Crippen LogP contribution in [0.25, 0.3) is 0 Å². The second-order valence-electron chi connectivity index (χ2n) is 5.43. The molecule has 0 amide bonds. The summed E-state index contributed by atoms with van der Waals surface area (Å²) in [4.78, 5) is 7.15. The quantitative estimate of drug-likeness (QED) is 0.780. The van der Waals surface area contributed by atoms with E-state index in [0.717, 1.165) is 32.0 Å². The average Bonchev–Trinajstić information content (AvgIpc) is 2.45. The maximum absolute atomic E-state index is 4.48. The van der Waals surface area contributed by atoms with Crippen molar-refractivity contribution in [2.45, 2.75) is 51.5 Å². The van der Waals surface area contributed by atoms with Crippen molar-refractivity contribution in [1.82, 2.24) is 15.5 Å². The first-order valence-corrected chi connectivity index (χ1v) is 7.66. The van der Waals surface area contributed by atoms with E-state index >= 15 is 0 Å². The monoisotopic (exact) mass is 252 g/mol. The second-order valence-corrected chi connectivity index (χ2v) is 5.43. The summed E-state index contributed by atoms with van der Waals surface area (Å²) in [5, 5.41) is 6.83. The highest BCUT2D eigenvalue weighted by atomic mass is 15.2. The van der Waals surface area contributed by atoms with Crippen LogP contribution in [0.5, 0.6) is 0 Å². The minimum Gasteiger partial charge on any atom is -0.356 e. The Morgan fingerprint density at radius 3 is 3.11 bits per heavy atom. The zero-order valence-electron chi connectivity index (χ0n) is 11.7. The molecule has 2 aliphatic rings. The van der Waals surface area contributed by atoms with Crippen molar-refractivity contribution in [3.05, 3.63) is 0 Å². The fourth-order valence-electron chi connectivity index (χ4n) is 2.81. The Labute approximate surface area is 111 Å². The minimum absolute atomic E-state index is 0.705. The Hall–Kier alpha value is -0.770. The molecule has 0 bridgehead atoms. The molecule has 4 nitrogen and oxygen atoms in total. The van der Waals surface area contributed by atoms with Crippen molar-refractivity contribution in [3.8, 4) is 0 Å². The van der Waals surface area contributed by atoms with Crippen molar-refractivity contribution >= 4 is 5.96 Å². The molecule has 2 aliphatic heterocycles. The van der Waals surface area contributed by atoms with Gasteiger partial charge in [0.15, 0.2) is 5.96 Å². The van der Waals surface area contributed by atoms with Crippen molar-refractivity contribution in [1.29, 1.82) is 0 Å². The van der Waals surface area contributed by atoms with Crippen LogP contribution >= 0.6 is 0 Å². The van der Waals surface area contributed by atoms with Crippen LogP contribution in [0.1, 0.15) is 45.4 Å². The van der Waals surface area contributed by atoms with Gasteiger partial charge < -0.3 is 10.6 Å². The van der Waals surface area contributed by atoms with Gasteiger partial charge in [0.05, 0.1) is 0 Å². The first kappa shape index (κ1) is 13.7. The molecule has 0 spiro atoms. The number of rotatable bonds is 5. The lowest BCUT2D eigenvalue weighted by atomic mass is 10.0. The number of unbranched alkanes of at least 4 members (excludes halogenated alkanes) is 1. The van der Waals surface area contributed by atoms with Crippen molar-refractivity contribution in [2.24, 2.45) is 4.99 Å². The van der Waals surface area contributed by atoms with Gasteiger partial charge in [0.1, 0.15) is 0 Å². The molecule has 4 heteroatoms. The highest BCUT2D eigenvalue weighted by Gasteiger charge is 2.21. The molecule has 0 radical (unpaired) electrons. The predicted octanol–water partition coefficient (Wildman–Crippen LogP) is 1.58. The Morgan fingerprint density at radius 2 is 2.33 bits per heavy atom. The number of hydrogen-bond acceptors (Lipinski definition) is 4. The highest BCUT2D eigenvalue weighted by molar-refractivity contribution is 5.80. The van der Waals surface area contributed by atoms with E-state index in [4.69, 9.17) is 0 Å². The first-order chi connectivity index (χ1) is 8.90. The molecule has 2 heterocycles. The fraction of sp³-hybridized carbons (Fsp3) is 0.929. The number of nitrogens with zero attached hydrogens (tertiary/aromatic N) is 2. The molecule has 18 heavy (non-hydrogen) atoms. The summed E-state index contributed by atoms with van der Waals surface area (Å²) in [7, 11) is 0. The molecule has 0 aromatic heterocycles. The summed E-state index contributed by atoms with van der Waals surface area (Å²) in [6.07, 6.45) is 7.89. The van der Waals surface area contributed by atoms with Gasteiger partial charge in [-0.15, -0.1) is 0 Å². The predicted molar refractivity (Wildman–Crippen MR) is 77.0 cm³/mol. The summed E-state index contributed by atoms with van der Waals surface area (Å²) in [6, 6.07) is 0.705. The minimum atomic E-state index is 0.705. The summed E-state index contributed by atoms with van der Waals surface area (Å²) >= 11 is 0. The van der Waals surface area contributed by atoms with E-state index in [1.807, 2.05) is 0 Å². The van der Waals surface area contributed by atoms with Gasteiger partial charge in [0.2, 0.25) is 0 Å². The second kappa shape index (κ2) is 7.62. The number of likely N-dealkylation sites (tertiary alicyclic amines) is 1. The Morgan fingerprint density at radius 1 is 1.39 bits per heavy atom. The van der Waals surface area contributed by atoms with Gasteiger partial charge in [-0.3, -0.25) is 9.89 Å². The van der Waals surface area contributed by atoms with Crippen LogP contribution in [-0.2, 0) is 0 Å². The molecular weight excluding hydrogens is 224 g/mol. The van der Waals surface area contributed by atoms with Crippen molar-refractivity contribution in [2.75, 3.05) is 32.7 Å². The molecule has 0 saturated carbocycles. The topological polar surface area (TPSA) is 39.7 Å². The fourth-order valence-corrected chi connectivity index (χ4v) is 2.81. The van der Waals surface area contributed by atoms with E-state index < -0.39 is 0 Å². The average molecular weight is 252 g/mol. The number of nitrogens with one attached hydrogen (secondary N) is 2. The van der Waals surface area contributed by atoms with E-state index in [1.54, 1.807) is 0 Å². The number of hydrogen-bond donors (Lipinski definition) is 2. The van der Waals surface area contributed by atoms with Gasteiger partial charge >= 0.3 is 0 Å². The van der Waals surface area contributed by atoms with E-state index in [2.05, 4.69) is 27.4 Å².